The van der Waals surface area contributed by atoms with E-state index in [1.165, 1.54) is 0 Å². The monoisotopic (exact) mass is 450 g/mol. The second kappa shape index (κ2) is 8.18. The molecule has 1 atom stereocenters. The maximum absolute atomic E-state index is 12.8. The summed E-state index contributed by atoms with van der Waals surface area (Å²) >= 11 is 0. The standard InChI is InChI=1S/C24H26N4O3S/c1-16-8-9-19-18(13-16)21(27-24(29)20-6-4-10-25-20)14-23(26-19)28-11-12-32(30,31)22-7-3-2-5-17(22)15-28/h2-3,5,7-9,13-14,20,25H,4,6,10-12,15H2,1H3,(H,26,27,29). The van der Waals surface area contributed by atoms with Gasteiger partial charge in [0.25, 0.3) is 0 Å². The number of hydrogen-bond acceptors (Lipinski definition) is 6. The van der Waals surface area contributed by atoms with Gasteiger partial charge in [-0.2, -0.15) is 0 Å². The van der Waals surface area contributed by atoms with Gasteiger partial charge in [-0.3, -0.25) is 4.79 Å². The molecule has 3 aromatic rings. The van der Waals surface area contributed by atoms with Gasteiger partial charge in [-0.25, -0.2) is 13.4 Å². The Morgan fingerprint density at radius 2 is 2.03 bits per heavy atom. The van der Waals surface area contributed by atoms with E-state index in [2.05, 4.69) is 10.6 Å². The molecule has 1 aromatic heterocycles. The number of fused-ring (bicyclic) bond motifs is 2. The number of nitrogens with one attached hydrogen (secondary N) is 2. The zero-order chi connectivity index (χ0) is 22.3. The molecule has 32 heavy (non-hydrogen) atoms. The number of aromatic nitrogens is 1. The minimum absolute atomic E-state index is 0.0192. The zero-order valence-electron chi connectivity index (χ0n) is 18.0. The smallest absolute Gasteiger partial charge is 0.241 e. The van der Waals surface area contributed by atoms with E-state index in [1.54, 1.807) is 12.1 Å². The van der Waals surface area contributed by atoms with Gasteiger partial charge in [-0.15, -0.1) is 0 Å². The molecule has 0 bridgehead atoms. The van der Waals surface area contributed by atoms with Gasteiger partial charge in [0.2, 0.25) is 5.91 Å². The summed E-state index contributed by atoms with van der Waals surface area (Å²) in [5.41, 5.74) is 3.31. The largest absolute Gasteiger partial charge is 0.351 e. The van der Waals surface area contributed by atoms with Gasteiger partial charge < -0.3 is 15.5 Å². The molecule has 166 valence electrons. The lowest BCUT2D eigenvalue weighted by molar-refractivity contribution is -0.117. The molecule has 2 aliphatic rings. The van der Waals surface area contributed by atoms with Crippen LogP contribution in [0.4, 0.5) is 11.5 Å². The SMILES string of the molecule is Cc1ccc2nc(N3CCS(=O)(=O)c4ccccc4C3)cc(NC(=O)C3CCCN3)c2c1. The topological polar surface area (TPSA) is 91.4 Å². The summed E-state index contributed by atoms with van der Waals surface area (Å²) in [5, 5.41) is 7.21. The number of rotatable bonds is 3. The molecule has 0 aliphatic carbocycles. The van der Waals surface area contributed by atoms with E-state index in [9.17, 15) is 13.2 Å². The van der Waals surface area contributed by atoms with Crippen LogP contribution in [0.3, 0.4) is 0 Å². The van der Waals surface area contributed by atoms with Crippen molar-refractivity contribution in [3.8, 4) is 0 Å². The third kappa shape index (κ3) is 3.96. The molecular weight excluding hydrogens is 424 g/mol. The maximum Gasteiger partial charge on any atom is 0.241 e. The second-order valence-corrected chi connectivity index (χ2v) is 10.6. The number of hydrogen-bond donors (Lipinski definition) is 2. The predicted molar refractivity (Wildman–Crippen MR) is 126 cm³/mol. The van der Waals surface area contributed by atoms with Crippen LogP contribution in [0.25, 0.3) is 10.9 Å². The van der Waals surface area contributed by atoms with E-state index < -0.39 is 9.84 Å². The molecule has 7 nitrogen and oxygen atoms in total. The number of pyridine rings is 1. The van der Waals surface area contributed by atoms with Crippen LogP contribution in [0.2, 0.25) is 0 Å². The van der Waals surface area contributed by atoms with E-state index in [1.807, 2.05) is 48.2 Å². The van der Waals surface area contributed by atoms with Crippen LogP contribution in [-0.4, -0.2) is 44.2 Å². The van der Waals surface area contributed by atoms with E-state index in [0.29, 0.717) is 29.5 Å². The summed E-state index contributed by atoms with van der Waals surface area (Å²) in [5.74, 6) is 0.625. The maximum atomic E-state index is 12.8. The Morgan fingerprint density at radius 1 is 1.19 bits per heavy atom. The zero-order valence-corrected chi connectivity index (χ0v) is 18.8. The minimum atomic E-state index is -3.36. The molecule has 3 heterocycles. The average Bonchev–Trinajstić information content (AvgIpc) is 3.28. The first kappa shape index (κ1) is 20.9. The third-order valence-corrected chi connectivity index (χ3v) is 8.00. The highest BCUT2D eigenvalue weighted by atomic mass is 32.2. The molecule has 1 amide bonds. The number of carbonyl (C=O) groups excluding carboxylic acids is 1. The van der Waals surface area contributed by atoms with Crippen LogP contribution < -0.4 is 15.5 Å². The van der Waals surface area contributed by atoms with Gasteiger partial charge in [0, 0.05) is 24.5 Å². The van der Waals surface area contributed by atoms with Crippen molar-refractivity contribution in [3.05, 3.63) is 59.7 Å². The molecule has 8 heteroatoms. The Kier molecular flexibility index (Phi) is 5.35. The number of nitrogens with zero attached hydrogens (tertiary/aromatic N) is 2. The quantitative estimate of drug-likeness (QED) is 0.637. The summed E-state index contributed by atoms with van der Waals surface area (Å²) in [4.78, 5) is 20.0. The fourth-order valence-electron chi connectivity index (χ4n) is 4.48. The Morgan fingerprint density at radius 3 is 2.84 bits per heavy atom. The number of sulfone groups is 1. The van der Waals surface area contributed by atoms with E-state index in [4.69, 9.17) is 4.98 Å². The van der Waals surface area contributed by atoms with E-state index in [0.717, 1.165) is 41.4 Å². The van der Waals surface area contributed by atoms with Crippen molar-refractivity contribution in [2.24, 2.45) is 0 Å². The van der Waals surface area contributed by atoms with Gasteiger partial charge in [-0.05, 0) is 50.1 Å². The number of anilines is 2. The summed E-state index contributed by atoms with van der Waals surface area (Å²) < 4.78 is 25.5. The highest BCUT2D eigenvalue weighted by molar-refractivity contribution is 7.91. The van der Waals surface area contributed by atoms with Crippen LogP contribution in [0.5, 0.6) is 0 Å². The van der Waals surface area contributed by atoms with Gasteiger partial charge in [0.05, 0.1) is 27.9 Å². The fraction of sp³-hybridized carbons (Fsp3) is 0.333. The lowest BCUT2D eigenvalue weighted by Crippen LogP contribution is -2.35. The summed E-state index contributed by atoms with van der Waals surface area (Å²) in [6.45, 7) is 3.63. The molecule has 2 aliphatic heterocycles. The van der Waals surface area contributed by atoms with Crippen LogP contribution in [0.1, 0.15) is 24.0 Å². The van der Waals surface area contributed by atoms with Gasteiger partial charge in [0.1, 0.15) is 5.82 Å². The van der Waals surface area contributed by atoms with Crippen molar-refractivity contribution in [1.82, 2.24) is 10.3 Å². The average molecular weight is 451 g/mol. The number of benzene rings is 2. The van der Waals surface area contributed by atoms with Crippen LogP contribution in [0, 0.1) is 6.92 Å². The molecule has 0 spiro atoms. The lowest BCUT2D eigenvalue weighted by Gasteiger charge is -2.23. The van der Waals surface area contributed by atoms with Crippen LogP contribution in [0.15, 0.2) is 53.4 Å². The van der Waals surface area contributed by atoms with Crippen molar-refractivity contribution < 1.29 is 13.2 Å². The third-order valence-electron chi connectivity index (χ3n) is 6.21. The highest BCUT2D eigenvalue weighted by Crippen LogP contribution is 2.31. The fourth-order valence-corrected chi connectivity index (χ4v) is 5.98. The van der Waals surface area contributed by atoms with Gasteiger partial charge in [0.15, 0.2) is 9.84 Å². The number of carbonyl (C=O) groups is 1. The van der Waals surface area contributed by atoms with Gasteiger partial charge >= 0.3 is 0 Å². The normalized spacial score (nSPS) is 20.0. The van der Waals surface area contributed by atoms with Crippen molar-refractivity contribution in [3.63, 3.8) is 0 Å². The van der Waals surface area contributed by atoms with Crippen LogP contribution in [-0.2, 0) is 21.2 Å². The Hall–Kier alpha value is -2.97. The molecular formula is C24H26N4O3S. The number of aryl methyl sites for hydroxylation is 1. The Balaban J connectivity index is 1.56. The summed E-state index contributed by atoms with van der Waals surface area (Å²) in [6, 6.07) is 14.8. The van der Waals surface area contributed by atoms with E-state index >= 15 is 0 Å². The highest BCUT2D eigenvalue weighted by Gasteiger charge is 2.27. The summed E-state index contributed by atoms with van der Waals surface area (Å²) in [7, 11) is -3.36. The predicted octanol–water partition coefficient (Wildman–Crippen LogP) is 3.03. The molecule has 1 unspecified atom stereocenters. The van der Waals surface area contributed by atoms with Crippen molar-refractivity contribution in [2.75, 3.05) is 29.1 Å². The number of amides is 1. The van der Waals surface area contributed by atoms with E-state index in [-0.39, 0.29) is 17.7 Å². The Labute approximate surface area is 187 Å². The van der Waals surface area contributed by atoms with Crippen LogP contribution >= 0.6 is 0 Å². The molecule has 0 radical (unpaired) electrons. The lowest BCUT2D eigenvalue weighted by atomic mass is 10.1. The Bertz CT molecular complexity index is 1300. The van der Waals surface area contributed by atoms with Crippen molar-refractivity contribution >= 4 is 38.2 Å². The first-order chi connectivity index (χ1) is 15.4. The molecule has 5 rings (SSSR count). The first-order valence-electron chi connectivity index (χ1n) is 10.9. The molecule has 2 N–H and O–H groups in total. The van der Waals surface area contributed by atoms with Gasteiger partial charge in [-0.1, -0.05) is 29.8 Å². The minimum Gasteiger partial charge on any atom is -0.351 e. The molecule has 1 saturated heterocycles. The van der Waals surface area contributed by atoms with Crippen molar-refractivity contribution in [2.45, 2.75) is 37.2 Å². The summed E-state index contributed by atoms with van der Waals surface area (Å²) in [6.07, 6.45) is 1.81. The second-order valence-electron chi connectivity index (χ2n) is 8.53. The molecule has 2 aromatic carbocycles. The molecule has 0 saturated carbocycles. The molecule has 1 fully saturated rings. The first-order valence-corrected chi connectivity index (χ1v) is 12.6. The van der Waals surface area contributed by atoms with Crippen molar-refractivity contribution in [1.29, 1.82) is 0 Å².